The summed E-state index contributed by atoms with van der Waals surface area (Å²) in [5.41, 5.74) is 0.243. The first-order valence-corrected chi connectivity index (χ1v) is 6.59. The fourth-order valence-corrected chi connectivity index (χ4v) is 1.86. The molecule has 0 radical (unpaired) electrons. The SMILES string of the molecule is O=C(CCn1cc(C(=O)O)nn1)Nc1cc(Cl)ccc1Cl. The van der Waals surface area contributed by atoms with Crippen LogP contribution in [0, 0.1) is 0 Å². The number of benzene rings is 1. The van der Waals surface area contributed by atoms with E-state index in [0.717, 1.165) is 0 Å². The monoisotopic (exact) mass is 328 g/mol. The van der Waals surface area contributed by atoms with Gasteiger partial charge in [0.1, 0.15) is 0 Å². The first kappa shape index (κ1) is 15.3. The van der Waals surface area contributed by atoms with Gasteiger partial charge in [-0.1, -0.05) is 28.4 Å². The second-order valence-corrected chi connectivity index (χ2v) is 4.94. The van der Waals surface area contributed by atoms with Crippen molar-refractivity contribution in [1.29, 1.82) is 0 Å². The molecule has 0 saturated carbocycles. The molecule has 9 heteroatoms. The summed E-state index contributed by atoms with van der Waals surface area (Å²) >= 11 is 11.7. The Bertz CT molecular complexity index is 687. The van der Waals surface area contributed by atoms with Gasteiger partial charge >= 0.3 is 5.97 Å². The summed E-state index contributed by atoms with van der Waals surface area (Å²) in [6.45, 7) is 0.199. The Morgan fingerprint density at radius 1 is 1.33 bits per heavy atom. The van der Waals surface area contributed by atoms with E-state index in [2.05, 4.69) is 15.6 Å². The number of aromatic nitrogens is 3. The maximum atomic E-state index is 11.8. The molecular formula is C12H10Cl2N4O3. The van der Waals surface area contributed by atoms with Crippen LogP contribution in [0.15, 0.2) is 24.4 Å². The molecule has 2 N–H and O–H groups in total. The number of hydrogen-bond donors (Lipinski definition) is 2. The van der Waals surface area contributed by atoms with Crippen molar-refractivity contribution >= 4 is 40.8 Å². The highest BCUT2D eigenvalue weighted by molar-refractivity contribution is 6.35. The maximum Gasteiger partial charge on any atom is 0.358 e. The maximum absolute atomic E-state index is 11.8. The van der Waals surface area contributed by atoms with E-state index in [4.69, 9.17) is 28.3 Å². The lowest BCUT2D eigenvalue weighted by molar-refractivity contribution is -0.116. The normalized spacial score (nSPS) is 10.4. The van der Waals surface area contributed by atoms with E-state index in [0.29, 0.717) is 15.7 Å². The van der Waals surface area contributed by atoms with Gasteiger partial charge in [0.15, 0.2) is 5.69 Å². The molecule has 1 heterocycles. The number of nitrogens with zero attached hydrogens (tertiary/aromatic N) is 3. The van der Waals surface area contributed by atoms with Gasteiger partial charge in [0.25, 0.3) is 0 Å². The summed E-state index contributed by atoms with van der Waals surface area (Å²) in [6, 6.07) is 4.73. The molecule has 7 nitrogen and oxygen atoms in total. The van der Waals surface area contributed by atoms with Gasteiger partial charge in [0, 0.05) is 11.4 Å². The third-order valence-corrected chi connectivity index (χ3v) is 3.09. The molecule has 21 heavy (non-hydrogen) atoms. The van der Waals surface area contributed by atoms with E-state index in [-0.39, 0.29) is 24.6 Å². The second kappa shape index (κ2) is 6.55. The van der Waals surface area contributed by atoms with Crippen LogP contribution >= 0.6 is 23.2 Å². The van der Waals surface area contributed by atoms with Crippen LogP contribution in [0.3, 0.4) is 0 Å². The average Bonchev–Trinajstić information content (AvgIpc) is 2.90. The van der Waals surface area contributed by atoms with Gasteiger partial charge in [0.2, 0.25) is 5.91 Å². The first-order chi connectivity index (χ1) is 9.95. The molecule has 0 atom stereocenters. The Morgan fingerprint density at radius 3 is 2.76 bits per heavy atom. The average molecular weight is 329 g/mol. The molecule has 110 valence electrons. The number of carboxylic acids is 1. The van der Waals surface area contributed by atoms with Crippen molar-refractivity contribution in [2.75, 3.05) is 5.32 Å². The zero-order valence-corrected chi connectivity index (χ0v) is 12.1. The van der Waals surface area contributed by atoms with Crippen molar-refractivity contribution in [2.45, 2.75) is 13.0 Å². The van der Waals surface area contributed by atoms with E-state index in [1.807, 2.05) is 0 Å². The van der Waals surface area contributed by atoms with Crippen molar-refractivity contribution in [3.63, 3.8) is 0 Å². The summed E-state index contributed by atoms with van der Waals surface area (Å²) in [6.07, 6.45) is 1.34. The Kier molecular flexibility index (Phi) is 4.77. The number of nitrogens with one attached hydrogen (secondary N) is 1. The Labute approximate surface area is 129 Å². The smallest absolute Gasteiger partial charge is 0.358 e. The van der Waals surface area contributed by atoms with Gasteiger partial charge in [-0.15, -0.1) is 5.10 Å². The van der Waals surface area contributed by atoms with Crippen LogP contribution in [-0.2, 0) is 11.3 Å². The topological polar surface area (TPSA) is 97.1 Å². The molecule has 0 aliphatic rings. The van der Waals surface area contributed by atoms with Gasteiger partial charge in [-0.3, -0.25) is 9.48 Å². The van der Waals surface area contributed by atoms with Crippen LogP contribution in [0.5, 0.6) is 0 Å². The van der Waals surface area contributed by atoms with Crippen molar-refractivity contribution in [3.8, 4) is 0 Å². The Balaban J connectivity index is 1.92. The van der Waals surface area contributed by atoms with Crippen molar-refractivity contribution in [1.82, 2.24) is 15.0 Å². The van der Waals surface area contributed by atoms with Crippen LogP contribution in [0.4, 0.5) is 5.69 Å². The van der Waals surface area contributed by atoms with E-state index in [9.17, 15) is 9.59 Å². The van der Waals surface area contributed by atoms with E-state index in [1.165, 1.54) is 10.9 Å². The highest BCUT2D eigenvalue weighted by atomic mass is 35.5. The minimum atomic E-state index is -1.17. The molecule has 0 unspecified atom stereocenters. The largest absolute Gasteiger partial charge is 0.476 e. The van der Waals surface area contributed by atoms with Crippen LogP contribution in [0.2, 0.25) is 10.0 Å². The fraction of sp³-hybridized carbons (Fsp3) is 0.167. The molecule has 0 aliphatic heterocycles. The Morgan fingerprint density at radius 2 is 2.10 bits per heavy atom. The molecule has 1 amide bonds. The predicted molar refractivity (Wildman–Crippen MR) is 76.7 cm³/mol. The van der Waals surface area contributed by atoms with E-state index in [1.54, 1.807) is 18.2 Å². The van der Waals surface area contributed by atoms with Gasteiger partial charge in [-0.2, -0.15) is 0 Å². The number of carbonyl (C=O) groups excluding carboxylic acids is 1. The molecule has 0 spiro atoms. The second-order valence-electron chi connectivity index (χ2n) is 4.09. The summed E-state index contributed by atoms with van der Waals surface area (Å²) in [7, 11) is 0. The summed E-state index contributed by atoms with van der Waals surface area (Å²) in [5.74, 6) is -1.47. The standard InChI is InChI=1S/C12H10Cl2N4O3/c13-7-1-2-8(14)9(5-7)15-11(19)3-4-18-6-10(12(20)21)16-17-18/h1-2,5-6H,3-4H2,(H,15,19)(H,20,21). The number of anilines is 1. The number of aromatic carboxylic acids is 1. The van der Waals surface area contributed by atoms with E-state index < -0.39 is 5.97 Å². The van der Waals surface area contributed by atoms with E-state index >= 15 is 0 Å². The fourth-order valence-electron chi connectivity index (χ4n) is 1.53. The molecule has 2 aromatic rings. The lowest BCUT2D eigenvalue weighted by atomic mass is 10.3. The van der Waals surface area contributed by atoms with Gasteiger partial charge in [0.05, 0.1) is 23.5 Å². The number of halogens is 2. The zero-order chi connectivity index (χ0) is 15.4. The van der Waals surface area contributed by atoms with Crippen molar-refractivity contribution < 1.29 is 14.7 Å². The molecule has 2 rings (SSSR count). The predicted octanol–water partition coefficient (Wildman–Crippen LogP) is 2.31. The summed E-state index contributed by atoms with van der Waals surface area (Å²) < 4.78 is 1.28. The van der Waals surface area contributed by atoms with Crippen LogP contribution in [0.1, 0.15) is 16.9 Å². The quantitative estimate of drug-likeness (QED) is 0.877. The van der Waals surface area contributed by atoms with Gasteiger partial charge in [-0.05, 0) is 18.2 Å². The minimum absolute atomic E-state index is 0.0886. The number of carbonyl (C=O) groups is 2. The lowest BCUT2D eigenvalue weighted by Crippen LogP contribution is -2.15. The van der Waals surface area contributed by atoms with Crippen molar-refractivity contribution in [3.05, 3.63) is 40.1 Å². The number of hydrogen-bond acceptors (Lipinski definition) is 4. The molecule has 0 bridgehead atoms. The van der Waals surface area contributed by atoms with Gasteiger partial charge < -0.3 is 10.4 Å². The highest BCUT2D eigenvalue weighted by Gasteiger charge is 2.10. The third-order valence-electron chi connectivity index (χ3n) is 2.53. The number of rotatable bonds is 5. The first-order valence-electron chi connectivity index (χ1n) is 5.84. The molecular weight excluding hydrogens is 319 g/mol. The summed E-state index contributed by atoms with van der Waals surface area (Å²) in [5, 5.41) is 19.2. The van der Waals surface area contributed by atoms with Crippen LogP contribution in [-0.4, -0.2) is 32.0 Å². The highest BCUT2D eigenvalue weighted by Crippen LogP contribution is 2.25. The van der Waals surface area contributed by atoms with Crippen LogP contribution in [0.25, 0.3) is 0 Å². The van der Waals surface area contributed by atoms with Gasteiger partial charge in [-0.25, -0.2) is 4.79 Å². The molecule has 0 aliphatic carbocycles. The third kappa shape index (κ3) is 4.17. The Hall–Kier alpha value is -2.12. The molecule has 0 fully saturated rings. The minimum Gasteiger partial charge on any atom is -0.476 e. The molecule has 1 aromatic carbocycles. The number of aryl methyl sites for hydroxylation is 1. The lowest BCUT2D eigenvalue weighted by Gasteiger charge is -2.07. The number of amides is 1. The molecule has 1 aromatic heterocycles. The van der Waals surface area contributed by atoms with Crippen molar-refractivity contribution in [2.24, 2.45) is 0 Å². The number of carboxylic acid groups (broad SMARTS) is 1. The van der Waals surface area contributed by atoms with Crippen LogP contribution < -0.4 is 5.32 Å². The summed E-state index contributed by atoms with van der Waals surface area (Å²) in [4.78, 5) is 22.4. The molecule has 0 saturated heterocycles. The zero-order valence-electron chi connectivity index (χ0n) is 10.6.